The van der Waals surface area contributed by atoms with Crippen LogP contribution in [0.3, 0.4) is 0 Å². The van der Waals surface area contributed by atoms with E-state index in [-0.39, 0.29) is 5.91 Å². The topological polar surface area (TPSA) is 80.6 Å². The molecule has 7 heteroatoms. The minimum Gasteiger partial charge on any atom is -0.491 e. The second-order valence-electron chi connectivity index (χ2n) is 5.66. The average Bonchev–Trinajstić information content (AvgIpc) is 3.15. The van der Waals surface area contributed by atoms with Crippen LogP contribution in [0.4, 0.5) is 5.82 Å². The molecule has 0 atom stereocenters. The molecule has 0 spiro atoms. The van der Waals surface area contributed by atoms with Crippen LogP contribution < -0.4 is 15.4 Å². The summed E-state index contributed by atoms with van der Waals surface area (Å²) in [5, 5.41) is 10.4. The number of carbonyl (C=O) groups is 1. The molecule has 150 valence electrons. The summed E-state index contributed by atoms with van der Waals surface area (Å²) < 4.78 is 7.42. The Morgan fingerprint density at radius 3 is 2.64 bits per heavy atom. The van der Waals surface area contributed by atoms with E-state index in [1.807, 2.05) is 65.1 Å². The molecule has 0 fully saturated rings. The summed E-state index contributed by atoms with van der Waals surface area (Å²) >= 11 is 0. The maximum Gasteiger partial charge on any atom is 0.256 e. The van der Waals surface area contributed by atoms with Gasteiger partial charge in [0.05, 0.1) is 12.7 Å². The first kappa shape index (κ1) is 21.2. The van der Waals surface area contributed by atoms with E-state index in [4.69, 9.17) is 4.74 Å². The number of hydrogen-bond acceptors (Lipinski definition) is 5. The molecule has 1 aromatic carbocycles. The molecule has 3 heterocycles. The van der Waals surface area contributed by atoms with Crippen molar-refractivity contribution in [3.63, 3.8) is 0 Å². The zero-order valence-corrected chi connectivity index (χ0v) is 17.2. The number of anilines is 1. The van der Waals surface area contributed by atoms with E-state index in [9.17, 15) is 4.79 Å². The van der Waals surface area contributed by atoms with Gasteiger partial charge in [0.15, 0.2) is 5.65 Å². The van der Waals surface area contributed by atoms with Gasteiger partial charge in [-0.15, -0.1) is 0 Å². The van der Waals surface area contributed by atoms with Crippen LogP contribution in [-0.4, -0.2) is 33.7 Å². The predicted molar refractivity (Wildman–Crippen MR) is 112 cm³/mol. The maximum absolute atomic E-state index is 12.3. The number of nitrogens with one attached hydrogen (secondary N) is 2. The lowest BCUT2D eigenvalue weighted by Gasteiger charge is -2.13. The Morgan fingerprint density at radius 2 is 1.86 bits per heavy atom. The van der Waals surface area contributed by atoms with Crippen molar-refractivity contribution in [2.24, 2.45) is 0 Å². The van der Waals surface area contributed by atoms with E-state index in [0.29, 0.717) is 30.9 Å². The van der Waals surface area contributed by atoms with Crippen LogP contribution >= 0.6 is 0 Å². The summed E-state index contributed by atoms with van der Waals surface area (Å²) in [7, 11) is 0. The van der Waals surface area contributed by atoms with Crippen molar-refractivity contribution in [3.8, 4) is 5.75 Å². The molecule has 0 radical (unpaired) electrons. The van der Waals surface area contributed by atoms with E-state index in [0.717, 1.165) is 22.7 Å². The summed E-state index contributed by atoms with van der Waals surface area (Å²) in [5.74, 6) is 1.33. The Hall–Kier alpha value is -3.09. The van der Waals surface area contributed by atoms with Crippen molar-refractivity contribution in [2.75, 3.05) is 18.5 Å². The van der Waals surface area contributed by atoms with Gasteiger partial charge in [-0.25, -0.2) is 9.50 Å². The molecule has 4 rings (SSSR count). The fourth-order valence-electron chi connectivity index (χ4n) is 2.73. The highest BCUT2D eigenvalue weighted by atomic mass is 16.5. The normalized spacial score (nSPS) is 13.0. The van der Waals surface area contributed by atoms with Crippen LogP contribution in [0, 0.1) is 6.92 Å². The van der Waals surface area contributed by atoms with Crippen molar-refractivity contribution < 1.29 is 9.53 Å². The molecular formula is C21H29N5O2. The Labute approximate surface area is 166 Å². The van der Waals surface area contributed by atoms with Gasteiger partial charge in [0, 0.05) is 23.9 Å². The number of carbonyl (C=O) groups excluding carboxylic acids is 1. The van der Waals surface area contributed by atoms with Gasteiger partial charge in [0.1, 0.15) is 23.7 Å². The second-order valence-corrected chi connectivity index (χ2v) is 5.66. The molecule has 1 amide bonds. The summed E-state index contributed by atoms with van der Waals surface area (Å²) in [5.41, 5.74) is 2.98. The maximum atomic E-state index is 12.3. The molecule has 0 saturated heterocycles. The second kappa shape index (κ2) is 10.3. The number of amides is 1. The zero-order valence-electron chi connectivity index (χ0n) is 17.2. The van der Waals surface area contributed by atoms with Gasteiger partial charge in [0.25, 0.3) is 5.91 Å². The molecule has 3 aromatic rings. The van der Waals surface area contributed by atoms with Crippen LogP contribution in [0.15, 0.2) is 36.7 Å². The Kier molecular flexibility index (Phi) is 7.80. The van der Waals surface area contributed by atoms with Gasteiger partial charge < -0.3 is 15.4 Å². The van der Waals surface area contributed by atoms with Crippen LogP contribution in [0.25, 0.3) is 5.65 Å². The number of aromatic nitrogens is 3. The number of aryl methyl sites for hydroxylation is 1. The molecule has 2 bridgehead atoms. The minimum atomic E-state index is -0.205. The number of nitrogens with zero attached hydrogens (tertiary/aromatic N) is 3. The number of para-hydroxylation sites is 1. The third-order valence-corrected chi connectivity index (χ3v) is 3.99. The van der Waals surface area contributed by atoms with E-state index in [1.165, 1.54) is 6.20 Å². The van der Waals surface area contributed by atoms with Crippen molar-refractivity contribution in [1.82, 2.24) is 19.9 Å². The van der Waals surface area contributed by atoms with Gasteiger partial charge in [-0.3, -0.25) is 4.79 Å². The fraction of sp³-hybridized carbons (Fsp3) is 0.381. The highest BCUT2D eigenvalue weighted by Gasteiger charge is 2.16. The lowest BCUT2D eigenvalue weighted by Crippen LogP contribution is -2.28. The molecule has 0 aliphatic carbocycles. The highest BCUT2D eigenvalue weighted by molar-refractivity contribution is 5.99. The summed E-state index contributed by atoms with van der Waals surface area (Å²) in [4.78, 5) is 16.9. The van der Waals surface area contributed by atoms with E-state index in [1.54, 1.807) is 4.52 Å². The summed E-state index contributed by atoms with van der Waals surface area (Å²) in [6.07, 6.45) is 3.40. The van der Waals surface area contributed by atoms with Gasteiger partial charge in [-0.2, -0.15) is 5.10 Å². The molecule has 1 aliphatic rings. The average molecular weight is 383 g/mol. The molecule has 2 aromatic heterocycles. The van der Waals surface area contributed by atoms with Crippen molar-refractivity contribution in [1.29, 1.82) is 0 Å². The lowest BCUT2D eigenvalue weighted by atomic mass is 10.2. The molecule has 2 N–H and O–H groups in total. The molecule has 1 aliphatic heterocycles. The Balaban J connectivity index is 0.000000660. The largest absolute Gasteiger partial charge is 0.491 e. The van der Waals surface area contributed by atoms with E-state index < -0.39 is 0 Å². The van der Waals surface area contributed by atoms with Crippen LogP contribution in [-0.2, 0) is 6.54 Å². The molecular weight excluding hydrogens is 354 g/mol. The van der Waals surface area contributed by atoms with Crippen LogP contribution in [0.2, 0.25) is 0 Å². The first-order valence-electron chi connectivity index (χ1n) is 9.80. The Morgan fingerprint density at radius 1 is 1.11 bits per heavy atom. The van der Waals surface area contributed by atoms with Crippen molar-refractivity contribution in [2.45, 2.75) is 41.2 Å². The number of ether oxygens (including phenoxy) is 1. The Bertz CT molecular complexity index is 920. The molecule has 7 nitrogen and oxygen atoms in total. The van der Waals surface area contributed by atoms with Gasteiger partial charge >= 0.3 is 0 Å². The highest BCUT2D eigenvalue weighted by Crippen LogP contribution is 2.21. The lowest BCUT2D eigenvalue weighted by molar-refractivity contribution is 0.0948. The van der Waals surface area contributed by atoms with Crippen LogP contribution in [0.5, 0.6) is 5.75 Å². The van der Waals surface area contributed by atoms with E-state index in [2.05, 4.69) is 20.7 Å². The number of hydrogen-bond donors (Lipinski definition) is 2. The van der Waals surface area contributed by atoms with Crippen molar-refractivity contribution >= 4 is 17.4 Å². The minimum absolute atomic E-state index is 0.205. The third kappa shape index (κ3) is 4.60. The standard InChI is InChI=1S/C17H17N5O2.2C2H6/c1-11-10-22-16-13(9-20-22)17(23)18-6-7-24-14-5-3-2-4-12(14)8-19-15(11)21-16;2*1-2/h2-5,9-10H,6-8H2,1H3,(H,18,23)(H,19,21);2*1-2H3. The van der Waals surface area contributed by atoms with Gasteiger partial charge in [-0.1, -0.05) is 45.9 Å². The molecule has 0 saturated carbocycles. The third-order valence-electron chi connectivity index (χ3n) is 3.99. The summed E-state index contributed by atoms with van der Waals surface area (Å²) in [6.45, 7) is 11.4. The predicted octanol–water partition coefficient (Wildman–Crippen LogP) is 3.82. The molecule has 0 unspecified atom stereocenters. The van der Waals surface area contributed by atoms with Gasteiger partial charge in [-0.05, 0) is 13.0 Å². The first-order chi connectivity index (χ1) is 13.7. The SMILES string of the molecule is CC.CC.Cc1cn2ncc3c2nc1NCc1ccccc1OCCNC3=O. The quantitative estimate of drug-likeness (QED) is 0.617. The van der Waals surface area contributed by atoms with Crippen molar-refractivity contribution in [3.05, 3.63) is 53.3 Å². The monoisotopic (exact) mass is 383 g/mol. The van der Waals surface area contributed by atoms with E-state index >= 15 is 0 Å². The summed E-state index contributed by atoms with van der Waals surface area (Å²) in [6, 6.07) is 7.85. The number of fused-ring (bicyclic) bond motifs is 2. The number of rotatable bonds is 0. The number of benzene rings is 1. The first-order valence-corrected chi connectivity index (χ1v) is 9.80. The van der Waals surface area contributed by atoms with Crippen LogP contribution in [0.1, 0.15) is 49.2 Å². The zero-order chi connectivity index (χ0) is 20.5. The van der Waals surface area contributed by atoms with Gasteiger partial charge in [0.2, 0.25) is 0 Å². The molecule has 28 heavy (non-hydrogen) atoms. The fourth-order valence-corrected chi connectivity index (χ4v) is 2.73. The smallest absolute Gasteiger partial charge is 0.256 e.